The molecule has 3 rings (SSSR count). The summed E-state index contributed by atoms with van der Waals surface area (Å²) in [6, 6.07) is 5.37. The number of fused-ring (bicyclic) bond motifs is 1. The number of nitrogens with zero attached hydrogens (tertiary/aromatic N) is 1. The molecule has 0 bridgehead atoms. The van der Waals surface area contributed by atoms with E-state index in [0.29, 0.717) is 17.0 Å². The molecule has 0 fully saturated rings. The first-order chi connectivity index (χ1) is 10.5. The van der Waals surface area contributed by atoms with Crippen LogP contribution < -0.4 is 10.6 Å². The minimum absolute atomic E-state index is 0.219. The zero-order valence-corrected chi connectivity index (χ0v) is 12.6. The quantitative estimate of drug-likeness (QED) is 0.739. The number of aromatic nitrogens is 2. The highest BCUT2D eigenvalue weighted by atomic mass is 16.2. The third-order valence-electron chi connectivity index (χ3n) is 3.60. The highest BCUT2D eigenvalue weighted by Gasteiger charge is 2.26. The van der Waals surface area contributed by atoms with Gasteiger partial charge in [-0.25, -0.2) is 4.98 Å². The number of amides is 2. The van der Waals surface area contributed by atoms with Crippen LogP contribution in [0, 0.1) is 13.8 Å². The van der Waals surface area contributed by atoms with Gasteiger partial charge in [0.15, 0.2) is 0 Å². The molecule has 0 unspecified atom stereocenters. The van der Waals surface area contributed by atoms with Crippen LogP contribution >= 0.6 is 0 Å². The molecule has 112 valence electrons. The Morgan fingerprint density at radius 1 is 1.32 bits per heavy atom. The Bertz CT molecular complexity index is 818. The maximum atomic E-state index is 12.2. The molecular formula is C16H16N4O2. The molecule has 6 heteroatoms. The number of hydrogen-bond donors (Lipinski definition) is 3. The molecule has 0 aliphatic carbocycles. The maximum Gasteiger partial charge on any atom is 0.269 e. The number of nitrogens with one attached hydrogen (secondary N) is 3. The van der Waals surface area contributed by atoms with Crippen molar-refractivity contribution < 1.29 is 9.59 Å². The fraction of sp³-hybridized carbons (Fsp3) is 0.188. The van der Waals surface area contributed by atoms with Crippen molar-refractivity contribution in [3.8, 4) is 0 Å². The number of aromatic amines is 1. The van der Waals surface area contributed by atoms with Gasteiger partial charge < -0.3 is 15.6 Å². The fourth-order valence-electron chi connectivity index (χ4n) is 2.51. The average Bonchev–Trinajstić information content (AvgIpc) is 2.97. The number of H-pyrrole nitrogens is 1. The van der Waals surface area contributed by atoms with E-state index in [2.05, 4.69) is 20.6 Å². The van der Waals surface area contributed by atoms with Crippen molar-refractivity contribution in [1.29, 1.82) is 0 Å². The zero-order valence-electron chi connectivity index (χ0n) is 12.6. The molecule has 3 N–H and O–H groups in total. The summed E-state index contributed by atoms with van der Waals surface area (Å²) in [4.78, 5) is 31.2. The Morgan fingerprint density at radius 3 is 2.73 bits per heavy atom. The number of anilines is 1. The molecule has 2 aromatic rings. The summed E-state index contributed by atoms with van der Waals surface area (Å²) in [5.74, 6) is -0.0909. The van der Waals surface area contributed by atoms with E-state index < -0.39 is 0 Å². The van der Waals surface area contributed by atoms with Crippen molar-refractivity contribution in [3.63, 3.8) is 0 Å². The van der Waals surface area contributed by atoms with Crippen LogP contribution in [0.2, 0.25) is 0 Å². The van der Waals surface area contributed by atoms with Crippen molar-refractivity contribution in [2.45, 2.75) is 13.8 Å². The van der Waals surface area contributed by atoms with Crippen LogP contribution in [0.15, 0.2) is 18.2 Å². The molecule has 0 spiro atoms. The smallest absolute Gasteiger partial charge is 0.269 e. The summed E-state index contributed by atoms with van der Waals surface area (Å²) in [6.07, 6.45) is 1.81. The Kier molecular flexibility index (Phi) is 3.29. The van der Waals surface area contributed by atoms with Gasteiger partial charge in [0.25, 0.3) is 11.8 Å². The average molecular weight is 296 g/mol. The Labute approximate surface area is 127 Å². The molecule has 2 amide bonds. The van der Waals surface area contributed by atoms with Crippen molar-refractivity contribution >= 4 is 29.3 Å². The maximum absolute atomic E-state index is 12.2. The monoisotopic (exact) mass is 296 g/mol. The van der Waals surface area contributed by atoms with Gasteiger partial charge in [-0.1, -0.05) is 0 Å². The first-order valence-corrected chi connectivity index (χ1v) is 6.92. The van der Waals surface area contributed by atoms with E-state index in [-0.39, 0.29) is 17.5 Å². The minimum Gasteiger partial charge on any atom is -0.359 e. The van der Waals surface area contributed by atoms with Crippen LogP contribution in [-0.2, 0) is 4.79 Å². The molecule has 22 heavy (non-hydrogen) atoms. The van der Waals surface area contributed by atoms with Gasteiger partial charge in [0, 0.05) is 24.0 Å². The number of carbonyl (C=O) groups excluding carboxylic acids is 2. The molecule has 6 nitrogen and oxygen atoms in total. The summed E-state index contributed by atoms with van der Waals surface area (Å²) in [6.45, 7) is 3.95. The van der Waals surface area contributed by atoms with Crippen LogP contribution in [0.1, 0.15) is 33.0 Å². The Morgan fingerprint density at radius 2 is 2.09 bits per heavy atom. The van der Waals surface area contributed by atoms with E-state index >= 15 is 0 Å². The second kappa shape index (κ2) is 5.14. The van der Waals surface area contributed by atoms with Gasteiger partial charge in [-0.3, -0.25) is 9.59 Å². The molecule has 0 atom stereocenters. The van der Waals surface area contributed by atoms with Gasteiger partial charge in [0.05, 0.1) is 5.57 Å². The van der Waals surface area contributed by atoms with Gasteiger partial charge in [0.2, 0.25) is 0 Å². The lowest BCUT2D eigenvalue weighted by molar-refractivity contribution is -0.110. The topological polar surface area (TPSA) is 86.9 Å². The van der Waals surface area contributed by atoms with Crippen molar-refractivity contribution in [3.05, 3.63) is 46.4 Å². The summed E-state index contributed by atoms with van der Waals surface area (Å²) >= 11 is 0. The van der Waals surface area contributed by atoms with Crippen molar-refractivity contribution in [2.75, 3.05) is 12.4 Å². The van der Waals surface area contributed by atoms with E-state index in [1.165, 1.54) is 7.05 Å². The number of rotatable bonds is 2. The van der Waals surface area contributed by atoms with Crippen molar-refractivity contribution in [1.82, 2.24) is 15.3 Å². The lowest BCUT2D eigenvalue weighted by atomic mass is 10.1. The predicted molar refractivity (Wildman–Crippen MR) is 84.4 cm³/mol. The van der Waals surface area contributed by atoms with Crippen LogP contribution in [0.5, 0.6) is 0 Å². The number of aryl methyl sites for hydroxylation is 2. The zero-order chi connectivity index (χ0) is 15.9. The van der Waals surface area contributed by atoms with Gasteiger partial charge in [-0.05, 0) is 43.7 Å². The van der Waals surface area contributed by atoms with Crippen LogP contribution in [-0.4, -0.2) is 28.8 Å². The van der Waals surface area contributed by atoms with E-state index in [1.54, 1.807) is 12.1 Å². The van der Waals surface area contributed by atoms with Crippen LogP contribution in [0.25, 0.3) is 11.6 Å². The highest BCUT2D eigenvalue weighted by molar-refractivity contribution is 6.34. The molecule has 3 heterocycles. The van der Waals surface area contributed by atoms with E-state index in [4.69, 9.17) is 0 Å². The molecule has 0 saturated carbocycles. The normalized spacial score (nSPS) is 14.9. The standard InChI is InChI=1S/C16H16N4O2/c1-8-6-9(2)18-13(8)7-11-10-4-5-12(16(22)17-3)19-14(10)20-15(11)21/h4-7,18H,1-3H3,(H,17,22)(H,19,20,21)/b11-7-. The Hall–Kier alpha value is -2.89. The minimum atomic E-state index is -0.287. The lowest BCUT2D eigenvalue weighted by Gasteiger charge is -2.02. The summed E-state index contributed by atoms with van der Waals surface area (Å²) in [7, 11) is 1.54. The number of carbonyl (C=O) groups is 2. The second-order valence-electron chi connectivity index (χ2n) is 5.23. The van der Waals surface area contributed by atoms with Gasteiger partial charge >= 0.3 is 0 Å². The summed E-state index contributed by atoms with van der Waals surface area (Å²) in [5, 5.41) is 5.21. The predicted octanol–water partition coefficient (Wildman–Crippen LogP) is 1.88. The molecule has 1 aliphatic rings. The lowest BCUT2D eigenvalue weighted by Crippen LogP contribution is -2.19. The Balaban J connectivity index is 2.05. The fourth-order valence-corrected chi connectivity index (χ4v) is 2.51. The van der Waals surface area contributed by atoms with Crippen molar-refractivity contribution in [2.24, 2.45) is 0 Å². The summed E-state index contributed by atoms with van der Waals surface area (Å²) in [5.41, 5.74) is 4.51. The van der Waals surface area contributed by atoms with Gasteiger partial charge in [0.1, 0.15) is 11.5 Å². The van der Waals surface area contributed by atoms with Crippen LogP contribution in [0.3, 0.4) is 0 Å². The molecule has 0 aromatic carbocycles. The molecular weight excluding hydrogens is 280 g/mol. The number of hydrogen-bond acceptors (Lipinski definition) is 3. The van der Waals surface area contributed by atoms with E-state index in [9.17, 15) is 9.59 Å². The second-order valence-corrected chi connectivity index (χ2v) is 5.23. The van der Waals surface area contributed by atoms with Gasteiger partial charge in [-0.15, -0.1) is 0 Å². The first kappa shape index (κ1) is 14.1. The molecule has 0 radical (unpaired) electrons. The van der Waals surface area contributed by atoms with Gasteiger partial charge in [-0.2, -0.15) is 0 Å². The van der Waals surface area contributed by atoms with E-state index in [0.717, 1.165) is 17.0 Å². The number of pyridine rings is 1. The first-order valence-electron chi connectivity index (χ1n) is 6.92. The SMILES string of the molecule is CNC(=O)c1ccc2c(n1)NC(=O)/C2=C\c1[nH]c(C)cc1C. The third-order valence-corrected chi connectivity index (χ3v) is 3.60. The highest BCUT2D eigenvalue weighted by Crippen LogP contribution is 2.32. The molecule has 0 saturated heterocycles. The van der Waals surface area contributed by atoms with E-state index in [1.807, 2.05) is 26.0 Å². The molecule has 1 aliphatic heterocycles. The summed E-state index contributed by atoms with van der Waals surface area (Å²) < 4.78 is 0. The molecule has 2 aromatic heterocycles. The third kappa shape index (κ3) is 2.28. The largest absolute Gasteiger partial charge is 0.359 e. The van der Waals surface area contributed by atoms with Crippen LogP contribution in [0.4, 0.5) is 5.82 Å².